The highest BCUT2D eigenvalue weighted by Gasteiger charge is 2.15. The molecule has 0 radical (unpaired) electrons. The minimum atomic E-state index is 0.632. The summed E-state index contributed by atoms with van der Waals surface area (Å²) in [7, 11) is 1.74. The molecule has 1 N–H and O–H groups in total. The van der Waals surface area contributed by atoms with Gasteiger partial charge in [-0.2, -0.15) is 0 Å². The number of methoxy groups -OCH3 is 1. The van der Waals surface area contributed by atoms with Crippen LogP contribution in [0.5, 0.6) is 5.75 Å². The molecule has 0 bridgehead atoms. The zero-order chi connectivity index (χ0) is 13.5. The van der Waals surface area contributed by atoms with Gasteiger partial charge >= 0.3 is 0 Å². The van der Waals surface area contributed by atoms with Crippen molar-refractivity contribution >= 4 is 15.9 Å². The first-order chi connectivity index (χ1) is 8.58. The second-order valence-corrected chi connectivity index (χ2v) is 5.84. The van der Waals surface area contributed by atoms with E-state index in [1.165, 1.54) is 5.56 Å². The molecule has 0 aromatic heterocycles. The van der Waals surface area contributed by atoms with Crippen molar-refractivity contribution in [2.45, 2.75) is 27.2 Å². The first-order valence-corrected chi connectivity index (χ1v) is 7.40. The van der Waals surface area contributed by atoms with E-state index < -0.39 is 0 Å². The Hall–Kier alpha value is -0.540. The van der Waals surface area contributed by atoms with Crippen molar-refractivity contribution in [2.24, 2.45) is 11.8 Å². The number of ether oxygens (including phenoxy) is 1. The summed E-state index contributed by atoms with van der Waals surface area (Å²) in [5, 5.41) is 3.41. The Bertz CT molecular complexity index is 368. The lowest BCUT2D eigenvalue weighted by atomic mass is 9.89. The van der Waals surface area contributed by atoms with E-state index in [-0.39, 0.29) is 0 Å². The number of halogens is 1. The quantitative estimate of drug-likeness (QED) is 0.824. The Morgan fingerprint density at radius 1 is 1.28 bits per heavy atom. The van der Waals surface area contributed by atoms with Gasteiger partial charge in [-0.3, -0.25) is 0 Å². The van der Waals surface area contributed by atoms with Crippen molar-refractivity contribution in [3.8, 4) is 5.75 Å². The molecule has 2 atom stereocenters. The molecule has 0 aliphatic carbocycles. The first-order valence-electron chi connectivity index (χ1n) is 6.61. The maximum absolute atomic E-state index is 5.43. The van der Waals surface area contributed by atoms with Crippen LogP contribution in [0.25, 0.3) is 0 Å². The first kappa shape index (κ1) is 15.5. The SMILES string of the molecule is CCNCC(C)C(C)Cc1cc(Br)ccc1OC. The van der Waals surface area contributed by atoms with Crippen LogP contribution < -0.4 is 10.1 Å². The molecule has 1 aromatic rings. The van der Waals surface area contributed by atoms with E-state index in [2.05, 4.69) is 48.1 Å². The van der Waals surface area contributed by atoms with Crippen LogP contribution in [0.4, 0.5) is 0 Å². The largest absolute Gasteiger partial charge is 0.496 e. The number of hydrogen-bond acceptors (Lipinski definition) is 2. The van der Waals surface area contributed by atoms with Crippen molar-refractivity contribution in [2.75, 3.05) is 20.2 Å². The van der Waals surface area contributed by atoms with Gasteiger partial charge in [-0.05, 0) is 55.1 Å². The lowest BCUT2D eigenvalue weighted by Gasteiger charge is -2.21. The van der Waals surface area contributed by atoms with Crippen LogP contribution in [-0.2, 0) is 6.42 Å². The summed E-state index contributed by atoms with van der Waals surface area (Å²) in [6.07, 6.45) is 1.05. The average molecular weight is 314 g/mol. The molecule has 0 heterocycles. The molecular formula is C15H24BrNO. The second kappa shape index (κ2) is 7.80. The van der Waals surface area contributed by atoms with Crippen LogP contribution in [0.2, 0.25) is 0 Å². The molecule has 0 saturated carbocycles. The van der Waals surface area contributed by atoms with Crippen molar-refractivity contribution in [3.63, 3.8) is 0 Å². The fourth-order valence-electron chi connectivity index (χ4n) is 2.03. The van der Waals surface area contributed by atoms with E-state index in [1.807, 2.05) is 12.1 Å². The summed E-state index contributed by atoms with van der Waals surface area (Å²) in [4.78, 5) is 0. The molecule has 0 fully saturated rings. The van der Waals surface area contributed by atoms with Crippen molar-refractivity contribution in [3.05, 3.63) is 28.2 Å². The summed E-state index contributed by atoms with van der Waals surface area (Å²) in [5.41, 5.74) is 1.28. The summed E-state index contributed by atoms with van der Waals surface area (Å²) in [5.74, 6) is 2.28. The summed E-state index contributed by atoms with van der Waals surface area (Å²) in [6.45, 7) is 8.88. The van der Waals surface area contributed by atoms with Gasteiger partial charge in [0, 0.05) is 4.47 Å². The van der Waals surface area contributed by atoms with E-state index in [4.69, 9.17) is 4.74 Å². The van der Waals surface area contributed by atoms with E-state index in [0.29, 0.717) is 11.8 Å². The van der Waals surface area contributed by atoms with Crippen molar-refractivity contribution in [1.29, 1.82) is 0 Å². The van der Waals surface area contributed by atoms with Gasteiger partial charge in [0.2, 0.25) is 0 Å². The summed E-state index contributed by atoms with van der Waals surface area (Å²) in [6, 6.07) is 6.21. The predicted molar refractivity (Wildman–Crippen MR) is 81.3 cm³/mol. The molecule has 1 aromatic carbocycles. The van der Waals surface area contributed by atoms with Gasteiger partial charge < -0.3 is 10.1 Å². The molecule has 2 nitrogen and oxygen atoms in total. The van der Waals surface area contributed by atoms with E-state index in [1.54, 1.807) is 7.11 Å². The zero-order valence-corrected chi connectivity index (χ0v) is 13.4. The highest BCUT2D eigenvalue weighted by Crippen LogP contribution is 2.27. The molecule has 0 amide bonds. The maximum Gasteiger partial charge on any atom is 0.122 e. The second-order valence-electron chi connectivity index (χ2n) is 4.92. The normalized spacial score (nSPS) is 14.3. The zero-order valence-electron chi connectivity index (χ0n) is 11.8. The van der Waals surface area contributed by atoms with Crippen LogP contribution in [0.3, 0.4) is 0 Å². The number of nitrogens with one attached hydrogen (secondary N) is 1. The van der Waals surface area contributed by atoms with Gasteiger partial charge in [0.05, 0.1) is 7.11 Å². The Labute approximate surface area is 119 Å². The monoisotopic (exact) mass is 313 g/mol. The van der Waals surface area contributed by atoms with Gasteiger partial charge in [-0.1, -0.05) is 36.7 Å². The van der Waals surface area contributed by atoms with E-state index in [9.17, 15) is 0 Å². The Kier molecular flexibility index (Phi) is 6.72. The lowest BCUT2D eigenvalue weighted by molar-refractivity contribution is 0.357. The number of hydrogen-bond donors (Lipinski definition) is 1. The maximum atomic E-state index is 5.43. The van der Waals surface area contributed by atoms with Gasteiger partial charge in [0.25, 0.3) is 0 Å². The van der Waals surface area contributed by atoms with E-state index in [0.717, 1.165) is 29.7 Å². The molecule has 0 spiro atoms. The standard InChI is InChI=1S/C15H24BrNO/c1-5-17-10-12(3)11(2)8-13-9-14(16)6-7-15(13)18-4/h6-7,9,11-12,17H,5,8,10H2,1-4H3. The molecule has 1 rings (SSSR count). The van der Waals surface area contributed by atoms with Crippen molar-refractivity contribution < 1.29 is 4.74 Å². The Morgan fingerprint density at radius 2 is 2.00 bits per heavy atom. The number of rotatable bonds is 7. The predicted octanol–water partition coefficient (Wildman–Crippen LogP) is 3.88. The van der Waals surface area contributed by atoms with Crippen LogP contribution in [0.15, 0.2) is 22.7 Å². The molecular weight excluding hydrogens is 290 g/mol. The topological polar surface area (TPSA) is 21.3 Å². The summed E-state index contributed by atoms with van der Waals surface area (Å²) >= 11 is 3.53. The molecule has 102 valence electrons. The third kappa shape index (κ3) is 4.62. The Balaban J connectivity index is 2.68. The van der Waals surface area contributed by atoms with Crippen molar-refractivity contribution in [1.82, 2.24) is 5.32 Å². The average Bonchev–Trinajstić information content (AvgIpc) is 2.36. The fraction of sp³-hybridized carbons (Fsp3) is 0.600. The molecule has 0 aliphatic rings. The van der Waals surface area contributed by atoms with Crippen LogP contribution in [0, 0.1) is 11.8 Å². The fourth-order valence-corrected chi connectivity index (χ4v) is 2.44. The van der Waals surface area contributed by atoms with Gasteiger partial charge in [-0.25, -0.2) is 0 Å². The van der Waals surface area contributed by atoms with Crippen LogP contribution >= 0.6 is 15.9 Å². The van der Waals surface area contributed by atoms with E-state index >= 15 is 0 Å². The third-order valence-electron chi connectivity index (χ3n) is 3.47. The lowest BCUT2D eigenvalue weighted by Crippen LogP contribution is -2.26. The Morgan fingerprint density at radius 3 is 2.61 bits per heavy atom. The number of benzene rings is 1. The molecule has 0 aliphatic heterocycles. The highest BCUT2D eigenvalue weighted by atomic mass is 79.9. The minimum absolute atomic E-state index is 0.632. The summed E-state index contributed by atoms with van der Waals surface area (Å²) < 4.78 is 6.54. The minimum Gasteiger partial charge on any atom is -0.496 e. The van der Waals surface area contributed by atoms with Gasteiger partial charge in [0.15, 0.2) is 0 Å². The molecule has 2 unspecified atom stereocenters. The molecule has 3 heteroatoms. The molecule has 0 saturated heterocycles. The smallest absolute Gasteiger partial charge is 0.122 e. The van der Waals surface area contributed by atoms with Gasteiger partial charge in [0.1, 0.15) is 5.75 Å². The van der Waals surface area contributed by atoms with Crippen LogP contribution in [-0.4, -0.2) is 20.2 Å². The molecule has 18 heavy (non-hydrogen) atoms. The third-order valence-corrected chi connectivity index (χ3v) is 3.97. The highest BCUT2D eigenvalue weighted by molar-refractivity contribution is 9.10. The van der Waals surface area contributed by atoms with Gasteiger partial charge in [-0.15, -0.1) is 0 Å². The van der Waals surface area contributed by atoms with Crippen LogP contribution in [0.1, 0.15) is 26.3 Å².